The van der Waals surface area contributed by atoms with Crippen LogP contribution in [0.3, 0.4) is 0 Å². The molecular formula is C24H35N7O2. The van der Waals surface area contributed by atoms with Crippen LogP contribution in [0.4, 0.5) is 10.6 Å². The van der Waals surface area contributed by atoms with E-state index in [0.29, 0.717) is 25.5 Å². The van der Waals surface area contributed by atoms with Crippen molar-refractivity contribution in [2.24, 2.45) is 5.92 Å². The minimum absolute atomic E-state index is 0.0210. The molecule has 2 aliphatic heterocycles. The number of fused-ring (bicyclic) bond motifs is 1. The first-order valence-electron chi connectivity index (χ1n) is 11.6. The maximum absolute atomic E-state index is 13.4. The molecule has 33 heavy (non-hydrogen) atoms. The van der Waals surface area contributed by atoms with Gasteiger partial charge in [-0.15, -0.1) is 0 Å². The molecule has 3 heterocycles. The van der Waals surface area contributed by atoms with E-state index < -0.39 is 5.54 Å². The first-order valence-corrected chi connectivity index (χ1v) is 11.6. The third-order valence-corrected chi connectivity index (χ3v) is 6.67. The van der Waals surface area contributed by atoms with Crippen molar-refractivity contribution in [3.8, 4) is 0 Å². The highest BCUT2D eigenvalue weighted by Crippen LogP contribution is 2.40. The summed E-state index contributed by atoms with van der Waals surface area (Å²) in [6.45, 7) is 6.70. The van der Waals surface area contributed by atoms with Crippen molar-refractivity contribution in [3.05, 3.63) is 47.2 Å². The SMILES string of the molecule is CN(C)CC(NC(=O)N1Cc2c(NC(=O)[C@@H]3CCCNC3)n[nH]c2C1(C)C)c1ccccc1. The summed E-state index contributed by atoms with van der Waals surface area (Å²) in [4.78, 5) is 30.1. The van der Waals surface area contributed by atoms with Gasteiger partial charge in [0.2, 0.25) is 5.91 Å². The van der Waals surface area contributed by atoms with Crippen molar-refractivity contribution in [3.63, 3.8) is 0 Å². The Morgan fingerprint density at radius 1 is 1.27 bits per heavy atom. The normalized spacial score (nSPS) is 20.4. The first-order chi connectivity index (χ1) is 15.8. The van der Waals surface area contributed by atoms with E-state index in [-0.39, 0.29) is 23.9 Å². The molecule has 1 saturated heterocycles. The van der Waals surface area contributed by atoms with Crippen molar-refractivity contribution >= 4 is 17.8 Å². The number of likely N-dealkylation sites (N-methyl/N-ethyl adjacent to an activating group) is 1. The lowest BCUT2D eigenvalue weighted by Crippen LogP contribution is -2.48. The van der Waals surface area contributed by atoms with Crippen molar-refractivity contribution in [1.82, 2.24) is 30.6 Å². The molecule has 2 aromatic rings. The van der Waals surface area contributed by atoms with Gasteiger partial charge in [0.1, 0.15) is 0 Å². The lowest BCUT2D eigenvalue weighted by atomic mass is 9.98. The predicted octanol–water partition coefficient (Wildman–Crippen LogP) is 2.41. The van der Waals surface area contributed by atoms with Crippen LogP contribution < -0.4 is 16.0 Å². The smallest absolute Gasteiger partial charge is 0.319 e. The molecule has 2 atom stereocenters. The molecule has 1 aromatic carbocycles. The zero-order valence-electron chi connectivity index (χ0n) is 19.9. The Morgan fingerprint density at radius 3 is 2.70 bits per heavy atom. The topological polar surface area (TPSA) is 105 Å². The number of hydrogen-bond donors (Lipinski definition) is 4. The number of benzene rings is 1. The Kier molecular flexibility index (Phi) is 6.71. The number of urea groups is 1. The third kappa shape index (κ3) is 4.89. The number of anilines is 1. The summed E-state index contributed by atoms with van der Waals surface area (Å²) in [7, 11) is 3.99. The van der Waals surface area contributed by atoms with Gasteiger partial charge < -0.3 is 25.8 Å². The average molecular weight is 454 g/mol. The van der Waals surface area contributed by atoms with Crippen LogP contribution in [0.2, 0.25) is 0 Å². The first kappa shape index (κ1) is 23.3. The number of hydrogen-bond acceptors (Lipinski definition) is 5. The molecule has 1 fully saturated rings. The van der Waals surface area contributed by atoms with Crippen LogP contribution in [-0.4, -0.2) is 65.7 Å². The van der Waals surface area contributed by atoms with Gasteiger partial charge >= 0.3 is 6.03 Å². The molecule has 2 aliphatic rings. The summed E-state index contributed by atoms with van der Waals surface area (Å²) in [6, 6.07) is 9.72. The van der Waals surface area contributed by atoms with Crippen LogP contribution in [-0.2, 0) is 16.9 Å². The number of aromatic amines is 1. The molecule has 0 aliphatic carbocycles. The standard InChI is InChI=1S/C24H35N7O2/c1-24(2)20-18(21(29-28-20)27-22(32)17-11-8-12-25-13-17)14-31(24)23(33)26-19(15-30(3)4)16-9-6-5-7-10-16/h5-7,9-10,17,19,25H,8,11-15H2,1-4H3,(H,26,33)(H2,27,28,29,32)/t17-,19?/m1/s1. The van der Waals surface area contributed by atoms with Gasteiger partial charge in [0, 0.05) is 18.7 Å². The van der Waals surface area contributed by atoms with E-state index in [9.17, 15) is 9.59 Å². The van der Waals surface area contributed by atoms with Crippen LogP contribution >= 0.6 is 0 Å². The Morgan fingerprint density at radius 2 is 2.03 bits per heavy atom. The summed E-state index contributed by atoms with van der Waals surface area (Å²) in [5.74, 6) is 0.446. The molecule has 0 saturated carbocycles. The Hall–Kier alpha value is -2.91. The number of rotatable bonds is 6. The molecule has 0 spiro atoms. The summed E-state index contributed by atoms with van der Waals surface area (Å²) >= 11 is 0. The largest absolute Gasteiger partial charge is 0.330 e. The number of piperidine rings is 1. The van der Waals surface area contributed by atoms with Gasteiger partial charge in [-0.1, -0.05) is 30.3 Å². The van der Waals surface area contributed by atoms with E-state index in [1.165, 1.54) is 0 Å². The third-order valence-electron chi connectivity index (χ3n) is 6.67. The monoisotopic (exact) mass is 453 g/mol. The minimum Gasteiger partial charge on any atom is -0.330 e. The zero-order chi connectivity index (χ0) is 23.6. The van der Waals surface area contributed by atoms with Crippen molar-refractivity contribution in [1.29, 1.82) is 0 Å². The number of carbonyl (C=O) groups excluding carboxylic acids is 2. The van der Waals surface area contributed by atoms with E-state index in [1.807, 2.05) is 58.3 Å². The van der Waals surface area contributed by atoms with Gasteiger partial charge in [0.15, 0.2) is 5.82 Å². The molecular weight excluding hydrogens is 418 g/mol. The van der Waals surface area contributed by atoms with Crippen LogP contribution in [0.1, 0.15) is 49.6 Å². The molecule has 9 heteroatoms. The Bertz CT molecular complexity index is 980. The lowest BCUT2D eigenvalue weighted by Gasteiger charge is -2.34. The van der Waals surface area contributed by atoms with Gasteiger partial charge in [0.05, 0.1) is 29.7 Å². The van der Waals surface area contributed by atoms with Gasteiger partial charge in [-0.3, -0.25) is 9.89 Å². The molecule has 0 radical (unpaired) electrons. The second-order valence-corrected chi connectivity index (χ2v) is 9.78. The van der Waals surface area contributed by atoms with Crippen molar-refractivity contribution in [2.75, 3.05) is 39.0 Å². The van der Waals surface area contributed by atoms with E-state index in [0.717, 1.165) is 36.2 Å². The number of nitrogens with one attached hydrogen (secondary N) is 4. The lowest BCUT2D eigenvalue weighted by molar-refractivity contribution is -0.120. The minimum atomic E-state index is -0.582. The van der Waals surface area contributed by atoms with E-state index in [4.69, 9.17) is 0 Å². The molecule has 1 unspecified atom stereocenters. The summed E-state index contributed by atoms with van der Waals surface area (Å²) in [5, 5.41) is 16.9. The Balaban J connectivity index is 1.49. The molecule has 0 bridgehead atoms. The van der Waals surface area contributed by atoms with Gasteiger partial charge in [-0.2, -0.15) is 5.10 Å². The fourth-order valence-electron chi connectivity index (χ4n) is 4.75. The molecule has 4 rings (SSSR count). The number of nitrogens with zero attached hydrogens (tertiary/aromatic N) is 3. The second-order valence-electron chi connectivity index (χ2n) is 9.78. The van der Waals surface area contributed by atoms with Crippen molar-refractivity contribution < 1.29 is 9.59 Å². The fourth-order valence-corrected chi connectivity index (χ4v) is 4.75. The predicted molar refractivity (Wildman–Crippen MR) is 128 cm³/mol. The molecule has 9 nitrogen and oxygen atoms in total. The van der Waals surface area contributed by atoms with Gasteiger partial charge in [-0.25, -0.2) is 4.79 Å². The van der Waals surface area contributed by atoms with E-state index in [2.05, 4.69) is 31.0 Å². The van der Waals surface area contributed by atoms with Crippen LogP contribution in [0.15, 0.2) is 30.3 Å². The van der Waals surface area contributed by atoms with E-state index >= 15 is 0 Å². The fraction of sp³-hybridized carbons (Fsp3) is 0.542. The number of carbonyl (C=O) groups is 2. The summed E-state index contributed by atoms with van der Waals surface area (Å²) in [5.41, 5.74) is 2.21. The maximum Gasteiger partial charge on any atom is 0.319 e. The molecule has 3 amide bonds. The van der Waals surface area contributed by atoms with Crippen LogP contribution in [0, 0.1) is 5.92 Å². The van der Waals surface area contributed by atoms with Gasteiger partial charge in [-0.05, 0) is 52.9 Å². The van der Waals surface area contributed by atoms with Crippen molar-refractivity contribution in [2.45, 2.75) is 44.8 Å². The molecule has 4 N–H and O–H groups in total. The van der Waals surface area contributed by atoms with Crippen LogP contribution in [0.25, 0.3) is 0 Å². The average Bonchev–Trinajstić information content (AvgIpc) is 3.32. The Labute approximate surface area is 195 Å². The maximum atomic E-state index is 13.4. The number of H-pyrrole nitrogens is 1. The number of aromatic nitrogens is 2. The highest BCUT2D eigenvalue weighted by atomic mass is 16.2. The highest BCUT2D eigenvalue weighted by molar-refractivity contribution is 5.93. The quantitative estimate of drug-likeness (QED) is 0.538. The van der Waals surface area contributed by atoms with Crippen LogP contribution in [0.5, 0.6) is 0 Å². The summed E-state index contributed by atoms with van der Waals surface area (Å²) < 4.78 is 0. The van der Waals surface area contributed by atoms with Gasteiger partial charge in [0.25, 0.3) is 0 Å². The van der Waals surface area contributed by atoms with E-state index in [1.54, 1.807) is 4.90 Å². The molecule has 1 aromatic heterocycles. The summed E-state index contributed by atoms with van der Waals surface area (Å²) in [6.07, 6.45) is 1.87. The highest BCUT2D eigenvalue weighted by Gasteiger charge is 2.44. The molecule has 178 valence electrons. The second kappa shape index (κ2) is 9.52. The number of amides is 3. The zero-order valence-corrected chi connectivity index (χ0v) is 19.9.